The molecule has 0 spiro atoms. The first-order chi connectivity index (χ1) is 9.22. The smallest absolute Gasteiger partial charge is 0.131 e. The first-order valence-electron chi connectivity index (χ1n) is 6.30. The van der Waals surface area contributed by atoms with Gasteiger partial charge in [-0.15, -0.1) is 0 Å². The summed E-state index contributed by atoms with van der Waals surface area (Å²) in [6.07, 6.45) is 4.26. The highest BCUT2D eigenvalue weighted by molar-refractivity contribution is 5.31. The van der Waals surface area contributed by atoms with E-state index < -0.39 is 11.6 Å². The number of rotatable bonds is 5. The van der Waals surface area contributed by atoms with Gasteiger partial charge in [-0.05, 0) is 36.7 Å². The zero-order valence-corrected chi connectivity index (χ0v) is 10.7. The summed E-state index contributed by atoms with van der Waals surface area (Å²) in [7, 11) is 0. The maximum Gasteiger partial charge on any atom is 0.131 e. The highest BCUT2D eigenvalue weighted by Gasteiger charge is 2.17. The molecule has 1 aromatic heterocycles. The quantitative estimate of drug-likeness (QED) is 0.892. The lowest BCUT2D eigenvalue weighted by atomic mass is 9.99. The van der Waals surface area contributed by atoms with Crippen molar-refractivity contribution in [1.29, 1.82) is 0 Å². The first kappa shape index (κ1) is 13.6. The molecule has 1 aromatic carbocycles. The Balaban J connectivity index is 2.37. The summed E-state index contributed by atoms with van der Waals surface area (Å²) in [5, 5.41) is 3.27. The molecule has 100 valence electrons. The van der Waals surface area contributed by atoms with Crippen molar-refractivity contribution in [3.05, 3.63) is 65.5 Å². The SMILES string of the molecule is CCCNC(c1ccncc1)c1ccc(F)cc1F. The third-order valence-electron chi connectivity index (χ3n) is 2.91. The molecule has 2 rings (SSSR count). The number of pyridine rings is 1. The van der Waals surface area contributed by atoms with Crippen LogP contribution in [-0.2, 0) is 0 Å². The maximum atomic E-state index is 13.9. The average Bonchev–Trinajstić information content (AvgIpc) is 2.42. The Morgan fingerprint density at radius 3 is 2.53 bits per heavy atom. The van der Waals surface area contributed by atoms with Crippen LogP contribution in [0.5, 0.6) is 0 Å². The van der Waals surface area contributed by atoms with Crippen LogP contribution in [0.25, 0.3) is 0 Å². The second kappa shape index (κ2) is 6.38. The molecule has 1 N–H and O–H groups in total. The topological polar surface area (TPSA) is 24.9 Å². The summed E-state index contributed by atoms with van der Waals surface area (Å²) < 4.78 is 26.9. The minimum Gasteiger partial charge on any atom is -0.306 e. The van der Waals surface area contributed by atoms with Crippen molar-refractivity contribution in [2.24, 2.45) is 0 Å². The molecule has 0 saturated carbocycles. The molecular formula is C15H16F2N2. The van der Waals surface area contributed by atoms with Gasteiger partial charge in [0.05, 0.1) is 6.04 Å². The van der Waals surface area contributed by atoms with Crippen LogP contribution in [0.4, 0.5) is 8.78 Å². The fourth-order valence-corrected chi connectivity index (χ4v) is 1.99. The number of halogens is 2. The van der Waals surface area contributed by atoms with Crippen LogP contribution >= 0.6 is 0 Å². The standard InChI is InChI=1S/C15H16F2N2/c1-2-7-19-15(11-5-8-18-9-6-11)13-4-3-12(16)10-14(13)17/h3-6,8-10,15,19H,2,7H2,1H3. The van der Waals surface area contributed by atoms with Crippen molar-refractivity contribution in [3.63, 3.8) is 0 Å². The molecule has 0 aliphatic rings. The highest BCUT2D eigenvalue weighted by atomic mass is 19.1. The van der Waals surface area contributed by atoms with Crippen LogP contribution in [0, 0.1) is 11.6 Å². The van der Waals surface area contributed by atoms with E-state index in [1.807, 2.05) is 19.1 Å². The van der Waals surface area contributed by atoms with Gasteiger partial charge in [-0.3, -0.25) is 4.98 Å². The molecule has 0 aliphatic carbocycles. The van der Waals surface area contributed by atoms with Crippen LogP contribution in [0.3, 0.4) is 0 Å². The van der Waals surface area contributed by atoms with Crippen molar-refractivity contribution < 1.29 is 8.78 Å². The van der Waals surface area contributed by atoms with E-state index in [-0.39, 0.29) is 6.04 Å². The number of hydrogen-bond donors (Lipinski definition) is 1. The third kappa shape index (κ3) is 3.35. The van der Waals surface area contributed by atoms with Gasteiger partial charge in [0.25, 0.3) is 0 Å². The van der Waals surface area contributed by atoms with Crippen molar-refractivity contribution in [3.8, 4) is 0 Å². The van der Waals surface area contributed by atoms with Crippen molar-refractivity contribution in [2.75, 3.05) is 6.54 Å². The van der Waals surface area contributed by atoms with Gasteiger partial charge in [-0.1, -0.05) is 13.0 Å². The Hall–Kier alpha value is -1.81. The Bertz CT molecular complexity index is 529. The van der Waals surface area contributed by atoms with Crippen molar-refractivity contribution in [1.82, 2.24) is 10.3 Å². The van der Waals surface area contributed by atoms with E-state index in [1.54, 1.807) is 12.4 Å². The van der Waals surface area contributed by atoms with Crippen molar-refractivity contribution >= 4 is 0 Å². The summed E-state index contributed by atoms with van der Waals surface area (Å²) in [4.78, 5) is 3.96. The van der Waals surface area contributed by atoms with Crippen LogP contribution < -0.4 is 5.32 Å². The van der Waals surface area contributed by atoms with Gasteiger partial charge < -0.3 is 5.32 Å². The van der Waals surface area contributed by atoms with Crippen LogP contribution in [0.15, 0.2) is 42.7 Å². The normalized spacial score (nSPS) is 12.4. The van der Waals surface area contributed by atoms with E-state index in [1.165, 1.54) is 12.1 Å². The molecule has 1 unspecified atom stereocenters. The first-order valence-corrected chi connectivity index (χ1v) is 6.30. The highest BCUT2D eigenvalue weighted by Crippen LogP contribution is 2.24. The molecule has 2 aromatic rings. The Morgan fingerprint density at radius 1 is 1.16 bits per heavy atom. The Labute approximate surface area is 111 Å². The molecule has 1 atom stereocenters. The number of benzene rings is 1. The van der Waals surface area contributed by atoms with Crippen molar-refractivity contribution in [2.45, 2.75) is 19.4 Å². The molecule has 0 fully saturated rings. The molecular weight excluding hydrogens is 246 g/mol. The zero-order valence-electron chi connectivity index (χ0n) is 10.7. The predicted octanol–water partition coefficient (Wildman–Crippen LogP) is 3.45. The molecule has 0 radical (unpaired) electrons. The van der Waals surface area contributed by atoms with Gasteiger partial charge in [-0.25, -0.2) is 8.78 Å². The van der Waals surface area contributed by atoms with Gasteiger partial charge >= 0.3 is 0 Å². The second-order valence-corrected chi connectivity index (χ2v) is 4.33. The van der Waals surface area contributed by atoms with Gasteiger partial charge in [0.2, 0.25) is 0 Å². The summed E-state index contributed by atoms with van der Waals surface area (Å²) in [6.45, 7) is 2.79. The maximum absolute atomic E-state index is 13.9. The zero-order chi connectivity index (χ0) is 13.7. The summed E-state index contributed by atoms with van der Waals surface area (Å²) in [5.74, 6) is -1.10. The molecule has 0 saturated heterocycles. The van der Waals surface area contributed by atoms with Crippen LogP contribution in [-0.4, -0.2) is 11.5 Å². The minimum absolute atomic E-state index is 0.288. The lowest BCUT2D eigenvalue weighted by molar-refractivity contribution is 0.532. The van der Waals surface area contributed by atoms with Gasteiger partial charge in [0.1, 0.15) is 11.6 Å². The van der Waals surface area contributed by atoms with E-state index in [2.05, 4.69) is 10.3 Å². The molecule has 0 amide bonds. The third-order valence-corrected chi connectivity index (χ3v) is 2.91. The lowest BCUT2D eigenvalue weighted by Crippen LogP contribution is -2.24. The molecule has 2 nitrogen and oxygen atoms in total. The summed E-state index contributed by atoms with van der Waals surface area (Å²) in [6, 6.07) is 7.05. The van der Waals surface area contributed by atoms with Gasteiger partial charge in [0, 0.05) is 24.0 Å². The fraction of sp³-hybridized carbons (Fsp3) is 0.267. The Kier molecular flexibility index (Phi) is 4.58. The summed E-state index contributed by atoms with van der Waals surface area (Å²) >= 11 is 0. The molecule has 0 aliphatic heterocycles. The molecule has 1 heterocycles. The fourth-order valence-electron chi connectivity index (χ4n) is 1.99. The Morgan fingerprint density at radius 2 is 1.89 bits per heavy atom. The predicted molar refractivity (Wildman–Crippen MR) is 70.7 cm³/mol. The minimum atomic E-state index is -0.565. The van der Waals surface area contributed by atoms with E-state index in [0.717, 1.165) is 24.6 Å². The van der Waals surface area contributed by atoms with Gasteiger partial charge in [-0.2, -0.15) is 0 Å². The molecule has 19 heavy (non-hydrogen) atoms. The molecule has 4 heteroatoms. The average molecular weight is 262 g/mol. The summed E-state index contributed by atoms with van der Waals surface area (Å²) in [5.41, 5.74) is 1.36. The number of hydrogen-bond acceptors (Lipinski definition) is 2. The number of nitrogens with zero attached hydrogens (tertiary/aromatic N) is 1. The van der Waals surface area contributed by atoms with Gasteiger partial charge in [0.15, 0.2) is 0 Å². The van der Waals surface area contributed by atoms with E-state index in [4.69, 9.17) is 0 Å². The number of nitrogens with one attached hydrogen (secondary N) is 1. The van der Waals surface area contributed by atoms with Crippen LogP contribution in [0.2, 0.25) is 0 Å². The second-order valence-electron chi connectivity index (χ2n) is 4.33. The van der Waals surface area contributed by atoms with E-state index in [0.29, 0.717) is 5.56 Å². The van der Waals surface area contributed by atoms with E-state index in [9.17, 15) is 8.78 Å². The number of aromatic nitrogens is 1. The monoisotopic (exact) mass is 262 g/mol. The lowest BCUT2D eigenvalue weighted by Gasteiger charge is -2.20. The largest absolute Gasteiger partial charge is 0.306 e. The van der Waals surface area contributed by atoms with Crippen LogP contribution in [0.1, 0.15) is 30.5 Å². The molecule has 0 bridgehead atoms. The van der Waals surface area contributed by atoms with E-state index >= 15 is 0 Å².